The molecule has 0 spiro atoms. The number of aliphatic hydroxyl groups is 1. The molecule has 0 atom stereocenters. The Hall–Kier alpha value is -3.30. The summed E-state index contributed by atoms with van der Waals surface area (Å²) in [6.45, 7) is 1.46. The van der Waals surface area contributed by atoms with E-state index in [1.54, 1.807) is 24.3 Å². The van der Waals surface area contributed by atoms with Gasteiger partial charge in [0.15, 0.2) is 29.3 Å². The number of aliphatic hydroxyl groups excluding tert-OH is 1. The standard InChI is InChI=1S/C21H23N2O7/c1-27-16-4-2-3-5-17(16)30-20-18(21(22)26)15(23-6-9-28-10-7-23)12-14(13-25)19(20)29-11-8-24/h2-5,13,24H,6-11H2,1H3,(H2,22,26). The molecule has 1 saturated heterocycles. The van der Waals surface area contributed by atoms with Crippen LogP contribution in [0.15, 0.2) is 24.3 Å². The van der Waals surface area contributed by atoms with Crippen LogP contribution in [0.3, 0.4) is 0 Å². The fraction of sp³-hybridized carbons (Fsp3) is 0.333. The second-order valence-electron chi connectivity index (χ2n) is 6.33. The number of morpholine rings is 1. The Morgan fingerprint density at radius 1 is 1.27 bits per heavy atom. The predicted octanol–water partition coefficient (Wildman–Crippen LogP) is 1.41. The summed E-state index contributed by atoms with van der Waals surface area (Å²) in [5, 5.41) is 9.19. The van der Waals surface area contributed by atoms with E-state index in [1.807, 2.05) is 4.90 Å². The fourth-order valence-corrected chi connectivity index (χ4v) is 3.13. The molecular weight excluding hydrogens is 392 g/mol. The SMILES string of the molecule is COc1ccccc1Oc1c(OCCO)c(C=O)[c]c(N2CCOCC2)c1C(N)=O. The van der Waals surface area contributed by atoms with Crippen molar-refractivity contribution in [2.24, 2.45) is 5.73 Å². The van der Waals surface area contributed by atoms with Crippen molar-refractivity contribution in [1.82, 2.24) is 0 Å². The Bertz CT molecular complexity index is 910. The van der Waals surface area contributed by atoms with Crippen molar-refractivity contribution in [3.63, 3.8) is 0 Å². The molecule has 1 amide bonds. The van der Waals surface area contributed by atoms with E-state index in [0.717, 1.165) is 0 Å². The Labute approximate surface area is 173 Å². The minimum absolute atomic E-state index is 0.0151. The van der Waals surface area contributed by atoms with Crippen molar-refractivity contribution >= 4 is 17.9 Å². The highest BCUT2D eigenvalue weighted by Gasteiger charge is 2.29. The summed E-state index contributed by atoms with van der Waals surface area (Å²) in [6.07, 6.45) is 0.552. The molecule has 30 heavy (non-hydrogen) atoms. The maximum atomic E-state index is 12.5. The number of nitrogens with zero attached hydrogens (tertiary/aromatic N) is 1. The number of methoxy groups -OCH3 is 1. The molecule has 3 rings (SSSR count). The summed E-state index contributed by atoms with van der Waals surface area (Å²) in [4.78, 5) is 26.2. The Morgan fingerprint density at radius 2 is 1.97 bits per heavy atom. The van der Waals surface area contributed by atoms with Gasteiger partial charge in [0.1, 0.15) is 12.2 Å². The van der Waals surface area contributed by atoms with Gasteiger partial charge in [-0.3, -0.25) is 9.59 Å². The third-order valence-corrected chi connectivity index (χ3v) is 4.48. The summed E-state index contributed by atoms with van der Waals surface area (Å²) >= 11 is 0. The van der Waals surface area contributed by atoms with Crippen LogP contribution in [0.5, 0.6) is 23.0 Å². The van der Waals surface area contributed by atoms with E-state index in [0.29, 0.717) is 49.8 Å². The summed E-state index contributed by atoms with van der Waals surface area (Å²) in [5.74, 6) is -0.135. The number of carbonyl (C=O) groups is 2. The van der Waals surface area contributed by atoms with Gasteiger partial charge in [-0.1, -0.05) is 12.1 Å². The molecule has 2 aromatic rings. The summed E-state index contributed by atoms with van der Waals surface area (Å²) in [7, 11) is 1.48. The molecule has 9 nitrogen and oxygen atoms in total. The molecule has 1 aliphatic heterocycles. The van der Waals surface area contributed by atoms with Gasteiger partial charge in [-0.05, 0) is 12.1 Å². The highest BCUT2D eigenvalue weighted by Crippen LogP contribution is 2.44. The lowest BCUT2D eigenvalue weighted by atomic mass is 10.0. The van der Waals surface area contributed by atoms with Crippen molar-refractivity contribution in [1.29, 1.82) is 0 Å². The fourth-order valence-electron chi connectivity index (χ4n) is 3.13. The summed E-state index contributed by atoms with van der Waals surface area (Å²) in [6, 6.07) is 9.75. The van der Waals surface area contributed by atoms with E-state index in [9.17, 15) is 14.7 Å². The molecule has 0 unspecified atom stereocenters. The smallest absolute Gasteiger partial charge is 0.254 e. The number of para-hydroxylation sites is 2. The number of rotatable bonds is 9. The quantitative estimate of drug-likeness (QED) is 0.590. The van der Waals surface area contributed by atoms with Crippen molar-refractivity contribution in [3.8, 4) is 23.0 Å². The van der Waals surface area contributed by atoms with Gasteiger partial charge in [0, 0.05) is 19.2 Å². The molecule has 0 aliphatic carbocycles. The number of primary amides is 1. The van der Waals surface area contributed by atoms with E-state index in [4.69, 9.17) is 24.7 Å². The zero-order chi connectivity index (χ0) is 21.5. The van der Waals surface area contributed by atoms with Gasteiger partial charge in [0.2, 0.25) is 0 Å². The van der Waals surface area contributed by atoms with Gasteiger partial charge in [-0.15, -0.1) is 0 Å². The molecule has 1 aliphatic rings. The second-order valence-corrected chi connectivity index (χ2v) is 6.33. The van der Waals surface area contributed by atoms with Crippen LogP contribution in [-0.2, 0) is 4.74 Å². The highest BCUT2D eigenvalue weighted by atomic mass is 16.5. The number of hydrogen-bond donors (Lipinski definition) is 2. The summed E-state index contributed by atoms with van der Waals surface area (Å²) in [5.41, 5.74) is 6.10. The van der Waals surface area contributed by atoms with Gasteiger partial charge in [0.05, 0.1) is 38.2 Å². The average Bonchev–Trinajstić information content (AvgIpc) is 2.78. The molecule has 1 heterocycles. The molecule has 1 radical (unpaired) electrons. The number of hydrogen-bond acceptors (Lipinski definition) is 8. The van der Waals surface area contributed by atoms with Gasteiger partial charge in [-0.2, -0.15) is 0 Å². The van der Waals surface area contributed by atoms with Crippen LogP contribution in [-0.4, -0.2) is 63.9 Å². The third-order valence-electron chi connectivity index (χ3n) is 4.48. The van der Waals surface area contributed by atoms with Crippen LogP contribution in [0, 0.1) is 6.07 Å². The monoisotopic (exact) mass is 415 g/mol. The van der Waals surface area contributed by atoms with Crippen LogP contribution >= 0.6 is 0 Å². The maximum absolute atomic E-state index is 12.5. The van der Waals surface area contributed by atoms with Crippen molar-refractivity contribution < 1.29 is 33.6 Å². The van der Waals surface area contributed by atoms with E-state index in [2.05, 4.69) is 6.07 Å². The number of ether oxygens (including phenoxy) is 4. The van der Waals surface area contributed by atoms with Crippen LogP contribution in [0.25, 0.3) is 0 Å². The molecule has 1 fully saturated rings. The first-order valence-corrected chi connectivity index (χ1v) is 9.36. The number of carbonyl (C=O) groups excluding carboxylic acids is 2. The molecule has 0 saturated carbocycles. The Balaban J connectivity index is 2.22. The Kier molecular flexibility index (Phi) is 7.10. The number of amides is 1. The topological polar surface area (TPSA) is 121 Å². The lowest BCUT2D eigenvalue weighted by Gasteiger charge is -2.31. The third kappa shape index (κ3) is 4.47. The lowest BCUT2D eigenvalue weighted by Crippen LogP contribution is -2.37. The highest BCUT2D eigenvalue weighted by molar-refractivity contribution is 6.04. The molecule has 9 heteroatoms. The van der Waals surface area contributed by atoms with Crippen LogP contribution in [0.2, 0.25) is 0 Å². The van der Waals surface area contributed by atoms with Gasteiger partial charge >= 0.3 is 0 Å². The second kappa shape index (κ2) is 9.95. The summed E-state index contributed by atoms with van der Waals surface area (Å²) < 4.78 is 22.3. The molecular formula is C21H23N2O7. The normalized spacial score (nSPS) is 13.6. The van der Waals surface area contributed by atoms with Gasteiger partial charge in [-0.25, -0.2) is 0 Å². The molecule has 0 aromatic heterocycles. The lowest BCUT2D eigenvalue weighted by molar-refractivity contribution is 0.0993. The Morgan fingerprint density at radius 3 is 2.57 bits per heavy atom. The van der Waals surface area contributed by atoms with Crippen LogP contribution in [0.1, 0.15) is 20.7 Å². The van der Waals surface area contributed by atoms with E-state index in [1.165, 1.54) is 7.11 Å². The van der Waals surface area contributed by atoms with Gasteiger partial charge in [0.25, 0.3) is 5.91 Å². The largest absolute Gasteiger partial charge is 0.493 e. The minimum atomic E-state index is -0.774. The molecule has 3 N–H and O–H groups in total. The first kappa shape index (κ1) is 21.4. The van der Waals surface area contributed by atoms with E-state index in [-0.39, 0.29) is 35.8 Å². The molecule has 0 bridgehead atoms. The number of anilines is 1. The van der Waals surface area contributed by atoms with Gasteiger partial charge < -0.3 is 34.7 Å². The van der Waals surface area contributed by atoms with Crippen molar-refractivity contribution in [2.75, 3.05) is 51.5 Å². The van der Waals surface area contributed by atoms with E-state index >= 15 is 0 Å². The number of benzene rings is 2. The first-order valence-electron chi connectivity index (χ1n) is 9.36. The minimum Gasteiger partial charge on any atom is -0.493 e. The predicted molar refractivity (Wildman–Crippen MR) is 108 cm³/mol. The van der Waals surface area contributed by atoms with E-state index < -0.39 is 5.91 Å². The van der Waals surface area contributed by atoms with Crippen LogP contribution < -0.4 is 24.8 Å². The van der Waals surface area contributed by atoms with Crippen molar-refractivity contribution in [2.45, 2.75) is 0 Å². The maximum Gasteiger partial charge on any atom is 0.254 e. The number of aldehydes is 1. The zero-order valence-electron chi connectivity index (χ0n) is 16.6. The first-order chi connectivity index (χ1) is 14.6. The van der Waals surface area contributed by atoms with Crippen molar-refractivity contribution in [3.05, 3.63) is 41.5 Å². The van der Waals surface area contributed by atoms with Crippen LogP contribution in [0.4, 0.5) is 5.69 Å². The number of nitrogens with two attached hydrogens (primary N) is 1. The molecule has 2 aromatic carbocycles. The molecule has 159 valence electrons. The zero-order valence-corrected chi connectivity index (χ0v) is 16.6. The average molecular weight is 415 g/mol.